The molecule has 1 amide bonds. The first-order valence-electron chi connectivity index (χ1n) is 10.3. The predicted octanol–water partition coefficient (Wildman–Crippen LogP) is 4.82. The Morgan fingerprint density at radius 2 is 1.50 bits per heavy atom. The summed E-state index contributed by atoms with van der Waals surface area (Å²) in [5.74, 6) is -0.411. The van der Waals surface area contributed by atoms with E-state index in [1.54, 1.807) is 6.08 Å². The van der Waals surface area contributed by atoms with Gasteiger partial charge in [0.25, 0.3) is 5.91 Å². The molecule has 0 radical (unpaired) electrons. The second kappa shape index (κ2) is 10.1. The highest BCUT2D eigenvalue weighted by Crippen LogP contribution is 2.24. The second-order valence-electron chi connectivity index (χ2n) is 7.32. The highest BCUT2D eigenvalue weighted by atomic mass is 16.1. The number of nitriles is 1. The molecule has 0 saturated carbocycles. The third-order valence-corrected chi connectivity index (χ3v) is 4.99. The largest absolute Gasteiger partial charge is 0.347 e. The van der Waals surface area contributed by atoms with Crippen LogP contribution in [0.5, 0.6) is 0 Å². The van der Waals surface area contributed by atoms with E-state index < -0.39 is 5.91 Å². The smallest absolute Gasteiger partial charge is 0.262 e. The van der Waals surface area contributed by atoms with Gasteiger partial charge in [-0.1, -0.05) is 91.0 Å². The summed E-state index contributed by atoms with van der Waals surface area (Å²) < 4.78 is 1.83. The topological polar surface area (TPSA) is 70.7 Å². The van der Waals surface area contributed by atoms with E-state index >= 15 is 0 Å². The quantitative estimate of drug-likeness (QED) is 0.345. The van der Waals surface area contributed by atoms with E-state index in [0.29, 0.717) is 13.1 Å². The lowest BCUT2D eigenvalue weighted by Gasteiger charge is -2.04. The molecular weight excluding hydrogens is 396 g/mol. The summed E-state index contributed by atoms with van der Waals surface area (Å²) in [6, 6.07) is 31.4. The number of nitrogens with zero attached hydrogens (tertiary/aromatic N) is 3. The first kappa shape index (κ1) is 20.8. The number of carbonyl (C=O) groups is 1. The van der Waals surface area contributed by atoms with Crippen LogP contribution in [0.25, 0.3) is 17.3 Å². The van der Waals surface area contributed by atoms with Gasteiger partial charge in [0.05, 0.1) is 12.2 Å². The zero-order chi connectivity index (χ0) is 22.2. The summed E-state index contributed by atoms with van der Waals surface area (Å²) in [5.41, 5.74) is 4.50. The maximum absolute atomic E-state index is 12.7. The van der Waals surface area contributed by atoms with Crippen molar-refractivity contribution in [2.45, 2.75) is 13.1 Å². The van der Waals surface area contributed by atoms with Gasteiger partial charge in [-0.05, 0) is 17.2 Å². The molecule has 0 aliphatic heterocycles. The number of carbonyl (C=O) groups excluding carboxylic acids is 1. The second-order valence-corrected chi connectivity index (χ2v) is 7.32. The Kier molecular flexibility index (Phi) is 6.54. The Morgan fingerprint density at radius 3 is 2.12 bits per heavy atom. The van der Waals surface area contributed by atoms with Gasteiger partial charge in [0.15, 0.2) is 0 Å². The zero-order valence-electron chi connectivity index (χ0n) is 17.5. The van der Waals surface area contributed by atoms with E-state index in [2.05, 4.69) is 5.32 Å². The number of aromatic nitrogens is 2. The van der Waals surface area contributed by atoms with Crippen LogP contribution in [0, 0.1) is 11.3 Å². The van der Waals surface area contributed by atoms with Crippen LogP contribution in [0.2, 0.25) is 0 Å². The van der Waals surface area contributed by atoms with E-state index in [1.807, 2.05) is 108 Å². The van der Waals surface area contributed by atoms with E-state index in [4.69, 9.17) is 5.10 Å². The van der Waals surface area contributed by atoms with E-state index in [9.17, 15) is 10.1 Å². The molecule has 3 aromatic carbocycles. The van der Waals surface area contributed by atoms with E-state index in [1.165, 1.54) is 0 Å². The van der Waals surface area contributed by atoms with Gasteiger partial charge >= 0.3 is 0 Å². The molecule has 0 unspecified atom stereocenters. The maximum Gasteiger partial charge on any atom is 0.262 e. The van der Waals surface area contributed by atoms with Gasteiger partial charge in [-0.2, -0.15) is 10.4 Å². The van der Waals surface area contributed by atoms with Gasteiger partial charge in [-0.3, -0.25) is 9.48 Å². The highest BCUT2D eigenvalue weighted by molar-refractivity contribution is 6.02. The molecule has 1 heterocycles. The Hall–Kier alpha value is -4.43. The van der Waals surface area contributed by atoms with Crippen molar-refractivity contribution in [3.05, 3.63) is 119 Å². The van der Waals surface area contributed by atoms with Gasteiger partial charge in [0.1, 0.15) is 11.6 Å². The van der Waals surface area contributed by atoms with E-state index in [-0.39, 0.29) is 5.57 Å². The Labute approximate surface area is 187 Å². The minimum absolute atomic E-state index is 0.0392. The van der Waals surface area contributed by atoms with Gasteiger partial charge < -0.3 is 5.32 Å². The minimum atomic E-state index is -0.411. The molecule has 156 valence electrons. The molecule has 4 rings (SSSR count). The molecule has 0 saturated heterocycles. The average Bonchev–Trinajstić information content (AvgIpc) is 3.25. The normalized spacial score (nSPS) is 11.0. The summed E-state index contributed by atoms with van der Waals surface area (Å²) in [7, 11) is 0. The SMILES string of the molecule is N#C/C(=C/c1cn(Cc2ccccc2)nc1-c1ccccc1)C(=O)NCc1ccccc1. The number of hydrogen-bond acceptors (Lipinski definition) is 3. The molecule has 1 aromatic heterocycles. The van der Waals surface area contributed by atoms with Crippen LogP contribution in [-0.2, 0) is 17.9 Å². The van der Waals surface area contributed by atoms with Crippen molar-refractivity contribution in [3.63, 3.8) is 0 Å². The fourth-order valence-electron chi connectivity index (χ4n) is 3.39. The fourth-order valence-corrected chi connectivity index (χ4v) is 3.39. The Balaban J connectivity index is 1.63. The molecule has 0 atom stereocenters. The van der Waals surface area contributed by atoms with Crippen molar-refractivity contribution in [1.82, 2.24) is 15.1 Å². The standard InChI is InChI=1S/C27H22N4O/c28-17-24(27(32)29-18-21-10-4-1-5-11-21)16-25-20-31(19-22-12-6-2-7-13-22)30-26(25)23-14-8-3-9-15-23/h1-16,20H,18-19H2,(H,29,32)/b24-16-. The summed E-state index contributed by atoms with van der Waals surface area (Å²) in [4.78, 5) is 12.7. The van der Waals surface area contributed by atoms with Crippen molar-refractivity contribution in [2.24, 2.45) is 0 Å². The van der Waals surface area contributed by atoms with Crippen molar-refractivity contribution in [3.8, 4) is 17.3 Å². The highest BCUT2D eigenvalue weighted by Gasteiger charge is 2.14. The molecule has 32 heavy (non-hydrogen) atoms. The lowest BCUT2D eigenvalue weighted by molar-refractivity contribution is -0.117. The van der Waals surface area contributed by atoms with Crippen molar-refractivity contribution < 1.29 is 4.79 Å². The molecule has 5 nitrogen and oxygen atoms in total. The molecule has 1 N–H and O–H groups in total. The van der Waals surface area contributed by atoms with Crippen LogP contribution in [0.4, 0.5) is 0 Å². The molecule has 0 bridgehead atoms. The predicted molar refractivity (Wildman–Crippen MR) is 125 cm³/mol. The van der Waals surface area contributed by atoms with Crippen LogP contribution >= 0.6 is 0 Å². The molecular formula is C27H22N4O. The van der Waals surface area contributed by atoms with Crippen molar-refractivity contribution >= 4 is 12.0 Å². The molecule has 0 spiro atoms. The summed E-state index contributed by atoms with van der Waals surface area (Å²) >= 11 is 0. The number of benzene rings is 3. The lowest BCUT2D eigenvalue weighted by Crippen LogP contribution is -2.23. The maximum atomic E-state index is 12.7. The molecule has 5 heteroatoms. The van der Waals surface area contributed by atoms with Crippen LogP contribution in [-0.4, -0.2) is 15.7 Å². The Bertz CT molecular complexity index is 1250. The summed E-state index contributed by atoms with van der Waals surface area (Å²) in [5, 5.41) is 17.2. The number of amides is 1. The third-order valence-electron chi connectivity index (χ3n) is 4.99. The number of rotatable bonds is 7. The molecule has 0 aliphatic rings. The van der Waals surface area contributed by atoms with Crippen molar-refractivity contribution in [1.29, 1.82) is 5.26 Å². The molecule has 0 fully saturated rings. The van der Waals surface area contributed by atoms with Gasteiger partial charge in [0, 0.05) is 23.9 Å². The summed E-state index contributed by atoms with van der Waals surface area (Å²) in [6.07, 6.45) is 3.48. The zero-order valence-corrected chi connectivity index (χ0v) is 17.5. The first-order valence-corrected chi connectivity index (χ1v) is 10.3. The van der Waals surface area contributed by atoms with E-state index in [0.717, 1.165) is 27.9 Å². The van der Waals surface area contributed by atoms with Crippen LogP contribution in [0.3, 0.4) is 0 Å². The van der Waals surface area contributed by atoms with Gasteiger partial charge in [-0.25, -0.2) is 0 Å². The van der Waals surface area contributed by atoms with Gasteiger partial charge in [0.2, 0.25) is 0 Å². The molecule has 0 aliphatic carbocycles. The summed E-state index contributed by atoms with van der Waals surface area (Å²) in [6.45, 7) is 0.952. The fraction of sp³-hybridized carbons (Fsp3) is 0.0741. The monoisotopic (exact) mass is 418 g/mol. The Morgan fingerprint density at radius 1 is 0.906 bits per heavy atom. The van der Waals surface area contributed by atoms with Crippen LogP contribution < -0.4 is 5.32 Å². The van der Waals surface area contributed by atoms with Crippen molar-refractivity contribution in [2.75, 3.05) is 0 Å². The third kappa shape index (κ3) is 5.18. The van der Waals surface area contributed by atoms with Crippen LogP contribution in [0.1, 0.15) is 16.7 Å². The lowest BCUT2D eigenvalue weighted by atomic mass is 10.1. The minimum Gasteiger partial charge on any atom is -0.347 e. The number of nitrogens with one attached hydrogen (secondary N) is 1. The number of hydrogen-bond donors (Lipinski definition) is 1. The van der Waals surface area contributed by atoms with Gasteiger partial charge in [-0.15, -0.1) is 0 Å². The first-order chi connectivity index (χ1) is 15.7. The average molecular weight is 419 g/mol. The van der Waals surface area contributed by atoms with Crippen LogP contribution in [0.15, 0.2) is 103 Å². The molecule has 4 aromatic rings.